The van der Waals surface area contributed by atoms with Crippen LogP contribution in [0.3, 0.4) is 0 Å². The first kappa shape index (κ1) is 17.1. The topological polar surface area (TPSA) is 97.2 Å². The van der Waals surface area contributed by atoms with Crippen LogP contribution >= 0.6 is 11.3 Å². The van der Waals surface area contributed by atoms with Crippen molar-refractivity contribution in [3.63, 3.8) is 0 Å². The number of nitrogens with one attached hydrogen (secondary N) is 1. The summed E-state index contributed by atoms with van der Waals surface area (Å²) >= 11 is 1.36. The molecule has 8 nitrogen and oxygen atoms in total. The van der Waals surface area contributed by atoms with Gasteiger partial charge in [0.15, 0.2) is 10.2 Å². The molecule has 0 aromatic carbocycles. The van der Waals surface area contributed by atoms with E-state index in [2.05, 4.69) is 15.3 Å². The number of hydrogen-bond acceptors (Lipinski definition) is 6. The second kappa shape index (κ2) is 6.99. The zero-order valence-electron chi connectivity index (χ0n) is 13.3. The summed E-state index contributed by atoms with van der Waals surface area (Å²) < 4.78 is 28.3. The van der Waals surface area contributed by atoms with Crippen LogP contribution in [-0.2, 0) is 21.4 Å². The molecule has 3 heterocycles. The molecule has 1 aliphatic heterocycles. The lowest BCUT2D eigenvalue weighted by Crippen LogP contribution is -2.41. The number of thiazole rings is 1. The van der Waals surface area contributed by atoms with Gasteiger partial charge >= 0.3 is 0 Å². The highest BCUT2D eigenvalue weighted by atomic mass is 32.2. The van der Waals surface area contributed by atoms with Crippen LogP contribution in [0.4, 0.5) is 5.13 Å². The lowest BCUT2D eigenvalue weighted by molar-refractivity contribution is -0.120. The summed E-state index contributed by atoms with van der Waals surface area (Å²) in [5.41, 5.74) is 0. The maximum absolute atomic E-state index is 12.6. The molecule has 0 radical (unpaired) electrons. The minimum absolute atomic E-state index is 0.0648. The van der Waals surface area contributed by atoms with Crippen molar-refractivity contribution >= 4 is 32.4 Å². The lowest BCUT2D eigenvalue weighted by atomic mass is 9.97. The van der Waals surface area contributed by atoms with Crippen LogP contribution in [-0.4, -0.2) is 46.3 Å². The predicted molar refractivity (Wildman–Crippen MR) is 90.1 cm³/mol. The van der Waals surface area contributed by atoms with Gasteiger partial charge in [0, 0.05) is 43.3 Å². The molecule has 24 heavy (non-hydrogen) atoms. The molecule has 0 unspecified atom stereocenters. The first-order valence-electron chi connectivity index (χ1n) is 7.73. The average molecular weight is 369 g/mol. The van der Waals surface area contributed by atoms with Gasteiger partial charge in [-0.05, 0) is 19.8 Å². The van der Waals surface area contributed by atoms with E-state index >= 15 is 0 Å². The molecule has 2 aromatic heterocycles. The molecule has 0 bridgehead atoms. The number of aromatic nitrogens is 3. The molecular formula is C14H19N5O3S2. The molecule has 0 spiro atoms. The summed E-state index contributed by atoms with van der Waals surface area (Å²) in [4.78, 5) is 20.2. The summed E-state index contributed by atoms with van der Waals surface area (Å²) in [5.74, 6) is -0.300. The maximum atomic E-state index is 12.6. The molecule has 1 N–H and O–H groups in total. The van der Waals surface area contributed by atoms with Crippen LogP contribution in [0, 0.1) is 5.92 Å². The highest BCUT2D eigenvalue weighted by Gasteiger charge is 2.33. The molecule has 0 saturated carbocycles. The van der Waals surface area contributed by atoms with E-state index in [1.165, 1.54) is 28.2 Å². The Balaban J connectivity index is 1.61. The molecule has 1 aliphatic rings. The highest BCUT2D eigenvalue weighted by molar-refractivity contribution is 7.89. The standard InChI is InChI=1S/C14H19N5O3S2/c1-2-18-9-12(16-10-18)24(21,22)19-6-3-11(4-7-19)13(20)17-14-15-5-8-23-14/h5,8-11H,2-4,6-7H2,1H3,(H,15,17,20). The Hall–Kier alpha value is -1.78. The van der Waals surface area contributed by atoms with Crippen molar-refractivity contribution in [2.75, 3.05) is 18.4 Å². The lowest BCUT2D eigenvalue weighted by Gasteiger charge is -2.29. The maximum Gasteiger partial charge on any atom is 0.262 e. The van der Waals surface area contributed by atoms with Crippen LogP contribution in [0.5, 0.6) is 0 Å². The predicted octanol–water partition coefficient (Wildman–Crippen LogP) is 1.40. The molecule has 10 heteroatoms. The number of carbonyl (C=O) groups excluding carboxylic acids is 1. The Labute approximate surface area is 144 Å². The number of amides is 1. The number of nitrogens with zero attached hydrogens (tertiary/aromatic N) is 4. The molecule has 1 amide bonds. The number of sulfonamides is 1. The van der Waals surface area contributed by atoms with Crippen molar-refractivity contribution in [2.24, 2.45) is 5.92 Å². The molecule has 0 atom stereocenters. The second-order valence-corrected chi connectivity index (χ2v) is 8.33. The van der Waals surface area contributed by atoms with Crippen molar-refractivity contribution < 1.29 is 13.2 Å². The number of anilines is 1. The smallest absolute Gasteiger partial charge is 0.262 e. The summed E-state index contributed by atoms with van der Waals surface area (Å²) in [7, 11) is -3.59. The first-order valence-corrected chi connectivity index (χ1v) is 10.0. The molecular weight excluding hydrogens is 350 g/mol. The fourth-order valence-electron chi connectivity index (χ4n) is 2.63. The van der Waals surface area contributed by atoms with Crippen LogP contribution in [0.1, 0.15) is 19.8 Å². The molecule has 3 rings (SSSR count). The van der Waals surface area contributed by atoms with Gasteiger partial charge in [0.2, 0.25) is 5.91 Å². The van der Waals surface area contributed by atoms with E-state index < -0.39 is 10.0 Å². The number of rotatable bonds is 5. The van der Waals surface area contributed by atoms with Crippen molar-refractivity contribution in [3.8, 4) is 0 Å². The quantitative estimate of drug-likeness (QED) is 0.859. The third-order valence-electron chi connectivity index (χ3n) is 4.07. The largest absolute Gasteiger partial charge is 0.336 e. The van der Waals surface area contributed by atoms with Gasteiger partial charge in [0.05, 0.1) is 6.33 Å². The van der Waals surface area contributed by atoms with Gasteiger partial charge in [0.25, 0.3) is 10.0 Å². The van der Waals surface area contributed by atoms with Gasteiger partial charge in [0.1, 0.15) is 0 Å². The normalized spacial score (nSPS) is 17.0. The van der Waals surface area contributed by atoms with Gasteiger partial charge in [-0.25, -0.2) is 18.4 Å². The monoisotopic (exact) mass is 369 g/mol. The second-order valence-electron chi connectivity index (χ2n) is 5.55. The Bertz CT molecular complexity index is 792. The summed E-state index contributed by atoms with van der Waals surface area (Å²) in [6.07, 6.45) is 5.67. The fraction of sp³-hybridized carbons (Fsp3) is 0.500. The average Bonchev–Trinajstić information content (AvgIpc) is 3.26. The number of carbonyl (C=O) groups is 1. The zero-order chi connectivity index (χ0) is 17.2. The summed E-state index contributed by atoms with van der Waals surface area (Å²) in [5, 5.41) is 5.20. The Morgan fingerprint density at radius 1 is 1.38 bits per heavy atom. The third-order valence-corrected chi connectivity index (χ3v) is 6.54. The number of piperidine rings is 1. The Morgan fingerprint density at radius 3 is 2.71 bits per heavy atom. The van der Waals surface area contributed by atoms with E-state index in [-0.39, 0.29) is 16.9 Å². The van der Waals surface area contributed by atoms with E-state index in [4.69, 9.17) is 0 Å². The minimum atomic E-state index is -3.59. The van der Waals surface area contributed by atoms with Crippen molar-refractivity contribution in [3.05, 3.63) is 24.1 Å². The first-order chi connectivity index (χ1) is 11.5. The van der Waals surface area contributed by atoms with E-state index in [9.17, 15) is 13.2 Å². The van der Waals surface area contributed by atoms with Crippen LogP contribution in [0.2, 0.25) is 0 Å². The van der Waals surface area contributed by atoms with Crippen molar-refractivity contribution in [2.45, 2.75) is 31.3 Å². The van der Waals surface area contributed by atoms with E-state index in [0.29, 0.717) is 37.6 Å². The van der Waals surface area contributed by atoms with E-state index in [1.807, 2.05) is 6.92 Å². The molecule has 0 aliphatic carbocycles. The van der Waals surface area contributed by atoms with E-state index in [1.54, 1.807) is 16.1 Å². The fourth-order valence-corrected chi connectivity index (χ4v) is 4.57. The SMILES string of the molecule is CCn1cnc(S(=O)(=O)N2CCC(C(=O)Nc3nccs3)CC2)c1. The van der Waals surface area contributed by atoms with Crippen LogP contribution in [0.25, 0.3) is 0 Å². The van der Waals surface area contributed by atoms with Crippen LogP contribution in [0.15, 0.2) is 29.1 Å². The number of aryl methyl sites for hydroxylation is 1. The molecule has 2 aromatic rings. The van der Waals surface area contributed by atoms with E-state index in [0.717, 1.165) is 0 Å². The van der Waals surface area contributed by atoms with Gasteiger partial charge in [-0.3, -0.25) is 4.79 Å². The number of hydrogen-bond donors (Lipinski definition) is 1. The number of imidazole rings is 1. The van der Waals surface area contributed by atoms with Gasteiger partial charge in [-0.1, -0.05) is 0 Å². The van der Waals surface area contributed by atoms with Crippen LogP contribution < -0.4 is 5.32 Å². The van der Waals surface area contributed by atoms with Gasteiger partial charge in [-0.15, -0.1) is 11.3 Å². The van der Waals surface area contributed by atoms with Crippen molar-refractivity contribution in [1.82, 2.24) is 18.8 Å². The van der Waals surface area contributed by atoms with Gasteiger partial charge in [-0.2, -0.15) is 4.31 Å². The highest BCUT2D eigenvalue weighted by Crippen LogP contribution is 2.24. The molecule has 1 fully saturated rings. The van der Waals surface area contributed by atoms with Crippen molar-refractivity contribution in [1.29, 1.82) is 0 Å². The summed E-state index contributed by atoms with van der Waals surface area (Å²) in [6.45, 7) is 3.22. The Kier molecular flexibility index (Phi) is 4.97. The molecule has 1 saturated heterocycles. The Morgan fingerprint density at radius 2 is 2.12 bits per heavy atom. The summed E-state index contributed by atoms with van der Waals surface area (Å²) in [6, 6.07) is 0. The third kappa shape index (κ3) is 3.50. The molecule has 130 valence electrons. The zero-order valence-corrected chi connectivity index (χ0v) is 14.9. The minimum Gasteiger partial charge on any atom is -0.336 e. The van der Waals surface area contributed by atoms with Gasteiger partial charge < -0.3 is 9.88 Å².